The van der Waals surface area contributed by atoms with Crippen LogP contribution in [-0.2, 0) is 12.8 Å². The summed E-state index contributed by atoms with van der Waals surface area (Å²) >= 11 is 1.43. The molecule has 152 valence electrons. The van der Waals surface area contributed by atoms with E-state index in [9.17, 15) is 4.39 Å². The summed E-state index contributed by atoms with van der Waals surface area (Å²) in [5.41, 5.74) is 3.53. The molecular weight excluding hydrogens is 401 g/mol. The zero-order valence-electron chi connectivity index (χ0n) is 16.6. The van der Waals surface area contributed by atoms with Gasteiger partial charge in [0, 0.05) is 31.4 Å². The lowest BCUT2D eigenvalue weighted by Crippen LogP contribution is -2.07. The fourth-order valence-electron chi connectivity index (χ4n) is 3.12. The summed E-state index contributed by atoms with van der Waals surface area (Å²) in [5.74, 6) is 0.617. The predicted molar refractivity (Wildman–Crippen MR) is 113 cm³/mol. The summed E-state index contributed by atoms with van der Waals surface area (Å²) < 4.78 is 18.5. The Morgan fingerprint density at radius 1 is 1.03 bits per heavy atom. The number of aromatic nitrogens is 5. The van der Waals surface area contributed by atoms with E-state index in [1.54, 1.807) is 44.0 Å². The smallest absolute Gasteiger partial charge is 0.273 e. The maximum atomic E-state index is 13.3. The van der Waals surface area contributed by atoms with Crippen LogP contribution in [0.15, 0.2) is 55.1 Å². The van der Waals surface area contributed by atoms with E-state index in [-0.39, 0.29) is 11.7 Å². The molecule has 0 aliphatic heterocycles. The first-order chi connectivity index (χ1) is 14.6. The van der Waals surface area contributed by atoms with Gasteiger partial charge in [0.25, 0.3) is 5.19 Å². The summed E-state index contributed by atoms with van der Waals surface area (Å²) in [6, 6.07) is 8.52. The van der Waals surface area contributed by atoms with Crippen LogP contribution in [0, 0.1) is 5.82 Å². The third-order valence-corrected chi connectivity index (χ3v) is 5.62. The highest BCUT2D eigenvalue weighted by Gasteiger charge is 2.14. The van der Waals surface area contributed by atoms with Gasteiger partial charge in [-0.1, -0.05) is 30.4 Å². The Bertz CT molecular complexity index is 1120. The Labute approximate surface area is 177 Å². The molecule has 0 saturated carbocycles. The molecule has 3 heterocycles. The first-order valence-corrected chi connectivity index (χ1v) is 10.3. The second kappa shape index (κ2) is 9.04. The minimum atomic E-state index is -0.241. The quantitative estimate of drug-likeness (QED) is 0.438. The van der Waals surface area contributed by atoms with Gasteiger partial charge in [0.15, 0.2) is 0 Å². The van der Waals surface area contributed by atoms with Crippen molar-refractivity contribution < 1.29 is 9.13 Å². The highest BCUT2D eigenvalue weighted by Crippen LogP contribution is 2.30. The van der Waals surface area contributed by atoms with E-state index in [0.29, 0.717) is 18.0 Å². The number of methoxy groups -OCH3 is 1. The molecule has 0 spiro atoms. The molecular formula is C22H20FN5OS. The number of hydrogen-bond donors (Lipinski definition) is 0. The molecule has 0 bridgehead atoms. The van der Waals surface area contributed by atoms with E-state index in [2.05, 4.69) is 21.9 Å². The van der Waals surface area contributed by atoms with E-state index in [0.717, 1.165) is 33.3 Å². The molecule has 3 aromatic heterocycles. The minimum absolute atomic E-state index is 0.140. The van der Waals surface area contributed by atoms with Crippen molar-refractivity contribution in [2.75, 3.05) is 7.11 Å². The van der Waals surface area contributed by atoms with Gasteiger partial charge in [-0.05, 0) is 29.7 Å². The van der Waals surface area contributed by atoms with Gasteiger partial charge in [0.1, 0.15) is 11.6 Å². The van der Waals surface area contributed by atoms with E-state index in [1.165, 1.54) is 23.5 Å². The lowest BCUT2D eigenvalue weighted by molar-refractivity contribution is 0.412. The first-order valence-electron chi connectivity index (χ1n) is 9.48. The van der Waals surface area contributed by atoms with E-state index in [4.69, 9.17) is 14.7 Å². The molecule has 0 aliphatic rings. The largest absolute Gasteiger partial charge is 0.473 e. The number of hydrogen-bond acceptors (Lipinski definition) is 7. The van der Waals surface area contributed by atoms with Crippen LogP contribution < -0.4 is 4.74 Å². The van der Waals surface area contributed by atoms with Gasteiger partial charge in [-0.2, -0.15) is 0 Å². The molecule has 30 heavy (non-hydrogen) atoms. The van der Waals surface area contributed by atoms with Crippen LogP contribution in [0.25, 0.3) is 10.6 Å². The molecule has 1 atom stereocenters. The number of ether oxygens (including phenoxy) is 1. The SMILES string of the molecule is COc1ncc(-c2cc(Cc3cnccn3)nc(C[C@@H](C)c3ccc(F)cc3)n2)s1. The standard InChI is InChI=1S/C22H20FN5OS/c1-14(15-3-5-16(23)6-4-15)9-21-27-17(10-18-12-24-7-8-25-18)11-19(28-21)20-13-26-22(29-2)30-20/h3-8,11-14H,9-10H2,1-2H3/t14-/m1/s1. The number of nitrogens with zero attached hydrogens (tertiary/aromatic N) is 5. The van der Waals surface area contributed by atoms with Gasteiger partial charge in [-0.15, -0.1) is 0 Å². The number of rotatable bonds is 7. The molecule has 0 amide bonds. The lowest BCUT2D eigenvalue weighted by atomic mass is 9.97. The minimum Gasteiger partial charge on any atom is -0.473 e. The van der Waals surface area contributed by atoms with Crippen molar-refractivity contribution in [2.24, 2.45) is 0 Å². The monoisotopic (exact) mass is 421 g/mol. The van der Waals surface area contributed by atoms with Crippen LogP contribution in [0.3, 0.4) is 0 Å². The molecule has 0 unspecified atom stereocenters. The fraction of sp³-hybridized carbons (Fsp3) is 0.227. The summed E-state index contributed by atoms with van der Waals surface area (Å²) in [5, 5.41) is 0.584. The summed E-state index contributed by atoms with van der Waals surface area (Å²) in [6.45, 7) is 2.08. The summed E-state index contributed by atoms with van der Waals surface area (Å²) in [7, 11) is 1.60. The zero-order chi connectivity index (χ0) is 20.9. The van der Waals surface area contributed by atoms with Crippen molar-refractivity contribution in [3.63, 3.8) is 0 Å². The van der Waals surface area contributed by atoms with Gasteiger partial charge in [-0.3, -0.25) is 9.97 Å². The van der Waals surface area contributed by atoms with Gasteiger partial charge in [0.05, 0.1) is 35.3 Å². The molecule has 1 aromatic carbocycles. The molecule has 4 rings (SSSR count). The Morgan fingerprint density at radius 2 is 1.87 bits per heavy atom. The number of halogens is 1. The molecule has 0 aliphatic carbocycles. The normalized spacial score (nSPS) is 12.0. The third-order valence-electron chi connectivity index (χ3n) is 4.64. The Balaban J connectivity index is 1.66. The van der Waals surface area contributed by atoms with Crippen LogP contribution in [0.4, 0.5) is 4.39 Å². The highest BCUT2D eigenvalue weighted by molar-refractivity contribution is 7.16. The van der Waals surface area contributed by atoms with Crippen LogP contribution in [-0.4, -0.2) is 32.0 Å². The molecule has 0 saturated heterocycles. The van der Waals surface area contributed by atoms with Crippen molar-refractivity contribution in [3.8, 4) is 15.8 Å². The average molecular weight is 422 g/mol. The lowest BCUT2D eigenvalue weighted by Gasteiger charge is -2.13. The van der Waals surface area contributed by atoms with E-state index < -0.39 is 0 Å². The van der Waals surface area contributed by atoms with Gasteiger partial charge in [-0.25, -0.2) is 19.3 Å². The predicted octanol–water partition coefficient (Wildman–Crippen LogP) is 4.47. The molecule has 8 heteroatoms. The number of thiazole rings is 1. The van der Waals surface area contributed by atoms with Crippen LogP contribution in [0.2, 0.25) is 0 Å². The van der Waals surface area contributed by atoms with Crippen molar-refractivity contribution in [2.45, 2.75) is 25.7 Å². The topological polar surface area (TPSA) is 73.7 Å². The maximum Gasteiger partial charge on any atom is 0.273 e. The van der Waals surface area contributed by atoms with Crippen molar-refractivity contribution >= 4 is 11.3 Å². The van der Waals surface area contributed by atoms with Crippen LogP contribution in [0.1, 0.15) is 35.6 Å². The Morgan fingerprint density at radius 3 is 2.57 bits per heavy atom. The van der Waals surface area contributed by atoms with Crippen molar-refractivity contribution in [3.05, 3.63) is 83.7 Å². The summed E-state index contributed by atoms with van der Waals surface area (Å²) in [4.78, 5) is 23.2. The molecule has 0 radical (unpaired) electrons. The van der Waals surface area contributed by atoms with Gasteiger partial charge in [0.2, 0.25) is 0 Å². The van der Waals surface area contributed by atoms with Crippen LogP contribution in [0.5, 0.6) is 5.19 Å². The Kier molecular flexibility index (Phi) is 6.04. The average Bonchev–Trinajstić information content (AvgIpc) is 3.24. The van der Waals surface area contributed by atoms with Gasteiger partial charge < -0.3 is 4.74 Å². The third kappa shape index (κ3) is 4.83. The van der Waals surface area contributed by atoms with Crippen molar-refractivity contribution in [1.29, 1.82) is 0 Å². The second-order valence-electron chi connectivity index (χ2n) is 6.89. The number of benzene rings is 1. The zero-order valence-corrected chi connectivity index (χ0v) is 17.4. The molecule has 4 aromatic rings. The maximum absolute atomic E-state index is 13.3. The van der Waals surface area contributed by atoms with E-state index in [1.807, 2.05) is 6.07 Å². The Hall–Kier alpha value is -3.26. The molecule has 0 N–H and O–H groups in total. The molecule has 6 nitrogen and oxygen atoms in total. The summed E-state index contributed by atoms with van der Waals surface area (Å²) in [6.07, 6.45) is 7.99. The van der Waals surface area contributed by atoms with E-state index >= 15 is 0 Å². The van der Waals surface area contributed by atoms with Gasteiger partial charge >= 0.3 is 0 Å². The second-order valence-corrected chi connectivity index (χ2v) is 7.88. The van der Waals surface area contributed by atoms with Crippen LogP contribution >= 0.6 is 11.3 Å². The van der Waals surface area contributed by atoms with Crippen molar-refractivity contribution in [1.82, 2.24) is 24.9 Å². The first kappa shape index (κ1) is 20.0. The fourth-order valence-corrected chi connectivity index (χ4v) is 3.81. The highest BCUT2D eigenvalue weighted by atomic mass is 32.1. The molecule has 0 fully saturated rings.